The van der Waals surface area contributed by atoms with Crippen molar-refractivity contribution < 1.29 is 0 Å². The highest BCUT2D eigenvalue weighted by atomic mass is 15.1. The fourth-order valence-corrected chi connectivity index (χ4v) is 1.63. The highest BCUT2D eigenvalue weighted by molar-refractivity contribution is 4.67. The van der Waals surface area contributed by atoms with Crippen molar-refractivity contribution in [2.24, 2.45) is 5.73 Å². The molecule has 0 aromatic heterocycles. The number of rotatable bonds is 3. The van der Waals surface area contributed by atoms with Gasteiger partial charge < -0.3 is 10.6 Å². The molecule has 1 aliphatic rings. The van der Waals surface area contributed by atoms with Crippen LogP contribution < -0.4 is 5.73 Å². The van der Waals surface area contributed by atoms with Gasteiger partial charge in [0.2, 0.25) is 0 Å². The second-order valence-electron chi connectivity index (χ2n) is 3.66. The molecule has 2 heteroatoms. The van der Waals surface area contributed by atoms with Gasteiger partial charge in [-0.15, -0.1) is 0 Å². The van der Waals surface area contributed by atoms with Gasteiger partial charge in [-0.05, 0) is 32.5 Å². The maximum atomic E-state index is 5.53. The topological polar surface area (TPSA) is 29.3 Å². The number of hydrogen-bond acceptors (Lipinski definition) is 2. The molecule has 0 unspecified atom stereocenters. The third kappa shape index (κ3) is 7.03. The summed E-state index contributed by atoms with van der Waals surface area (Å²) in [5, 5.41) is 0. The molecule has 2 N–H and O–H groups in total. The molecule has 0 saturated heterocycles. The SMILES string of the molecule is CCN(CC)CC.NC1CCCC1. The van der Waals surface area contributed by atoms with E-state index >= 15 is 0 Å². The lowest BCUT2D eigenvalue weighted by Crippen LogP contribution is -2.21. The van der Waals surface area contributed by atoms with Gasteiger partial charge in [0.1, 0.15) is 0 Å². The minimum atomic E-state index is 0.546. The zero-order valence-electron chi connectivity index (χ0n) is 9.55. The lowest BCUT2D eigenvalue weighted by Gasteiger charge is -2.13. The summed E-state index contributed by atoms with van der Waals surface area (Å²) in [5.41, 5.74) is 5.53. The molecule has 0 aromatic rings. The van der Waals surface area contributed by atoms with Crippen LogP contribution in [0, 0.1) is 0 Å². The summed E-state index contributed by atoms with van der Waals surface area (Å²) in [6, 6.07) is 0.546. The van der Waals surface area contributed by atoms with Crippen LogP contribution >= 0.6 is 0 Å². The molecule has 0 amide bonds. The van der Waals surface area contributed by atoms with Crippen molar-refractivity contribution in [1.82, 2.24) is 4.90 Å². The maximum Gasteiger partial charge on any atom is 0.00388 e. The number of hydrogen-bond donors (Lipinski definition) is 1. The predicted molar refractivity (Wildman–Crippen MR) is 59.9 cm³/mol. The van der Waals surface area contributed by atoms with Crippen LogP contribution in [-0.4, -0.2) is 30.6 Å². The van der Waals surface area contributed by atoms with Gasteiger partial charge in [0.05, 0.1) is 0 Å². The van der Waals surface area contributed by atoms with Crippen molar-refractivity contribution in [2.45, 2.75) is 52.5 Å². The Morgan fingerprint density at radius 1 is 1.00 bits per heavy atom. The number of nitrogens with two attached hydrogens (primary N) is 1. The summed E-state index contributed by atoms with van der Waals surface area (Å²) >= 11 is 0. The second-order valence-corrected chi connectivity index (χ2v) is 3.66. The van der Waals surface area contributed by atoms with Crippen molar-refractivity contribution in [3.05, 3.63) is 0 Å². The quantitative estimate of drug-likeness (QED) is 0.732. The average molecular weight is 186 g/mol. The van der Waals surface area contributed by atoms with Crippen molar-refractivity contribution >= 4 is 0 Å². The molecular weight excluding hydrogens is 160 g/mol. The lowest BCUT2D eigenvalue weighted by molar-refractivity contribution is 0.321. The Kier molecular flexibility index (Phi) is 8.46. The van der Waals surface area contributed by atoms with Crippen LogP contribution in [0.15, 0.2) is 0 Å². The molecule has 0 radical (unpaired) electrons. The Bertz CT molecular complexity index is 88.8. The van der Waals surface area contributed by atoms with Crippen LogP contribution in [0.4, 0.5) is 0 Å². The van der Waals surface area contributed by atoms with E-state index in [1.807, 2.05) is 0 Å². The fraction of sp³-hybridized carbons (Fsp3) is 1.00. The maximum absolute atomic E-state index is 5.53. The molecular formula is C11H26N2. The van der Waals surface area contributed by atoms with Crippen LogP contribution in [0.5, 0.6) is 0 Å². The molecule has 0 heterocycles. The van der Waals surface area contributed by atoms with Gasteiger partial charge >= 0.3 is 0 Å². The van der Waals surface area contributed by atoms with Gasteiger partial charge in [-0.1, -0.05) is 33.6 Å². The van der Waals surface area contributed by atoms with Crippen molar-refractivity contribution in [3.63, 3.8) is 0 Å². The average Bonchev–Trinajstić information content (AvgIpc) is 2.60. The first kappa shape index (κ1) is 12.9. The molecule has 1 aliphatic carbocycles. The standard InChI is InChI=1S/C6H15N.C5H11N/c1-4-7(5-2)6-3;6-5-3-1-2-4-5/h4-6H2,1-3H3;5H,1-4,6H2. The molecule has 1 rings (SSSR count). The monoisotopic (exact) mass is 186 g/mol. The van der Waals surface area contributed by atoms with E-state index in [9.17, 15) is 0 Å². The third-order valence-corrected chi connectivity index (χ3v) is 2.74. The molecule has 0 bridgehead atoms. The molecule has 13 heavy (non-hydrogen) atoms. The van der Waals surface area contributed by atoms with Crippen LogP contribution in [0.1, 0.15) is 46.5 Å². The zero-order valence-corrected chi connectivity index (χ0v) is 9.55. The summed E-state index contributed by atoms with van der Waals surface area (Å²) in [7, 11) is 0. The fourth-order valence-electron chi connectivity index (χ4n) is 1.63. The molecule has 2 nitrogen and oxygen atoms in total. The Labute approximate surface area is 83.5 Å². The van der Waals surface area contributed by atoms with E-state index in [1.54, 1.807) is 0 Å². The smallest absolute Gasteiger partial charge is 0.00388 e. The molecule has 1 saturated carbocycles. The molecule has 1 fully saturated rings. The molecule has 0 aromatic carbocycles. The summed E-state index contributed by atoms with van der Waals surface area (Å²) in [4.78, 5) is 2.38. The van der Waals surface area contributed by atoms with Crippen molar-refractivity contribution in [1.29, 1.82) is 0 Å². The Balaban J connectivity index is 0.000000223. The molecule has 0 atom stereocenters. The largest absolute Gasteiger partial charge is 0.328 e. The van der Waals surface area contributed by atoms with Gasteiger partial charge in [0.15, 0.2) is 0 Å². The Morgan fingerprint density at radius 2 is 1.38 bits per heavy atom. The van der Waals surface area contributed by atoms with Gasteiger partial charge in [-0.2, -0.15) is 0 Å². The first-order valence-electron chi connectivity index (χ1n) is 5.72. The Morgan fingerprint density at radius 3 is 1.46 bits per heavy atom. The van der Waals surface area contributed by atoms with Gasteiger partial charge in [-0.3, -0.25) is 0 Å². The minimum absolute atomic E-state index is 0.546. The highest BCUT2D eigenvalue weighted by Gasteiger charge is 2.07. The first-order chi connectivity index (χ1) is 6.24. The van der Waals surface area contributed by atoms with Crippen LogP contribution in [0.25, 0.3) is 0 Å². The van der Waals surface area contributed by atoms with Gasteiger partial charge in [-0.25, -0.2) is 0 Å². The second kappa shape index (κ2) is 8.52. The van der Waals surface area contributed by atoms with E-state index in [2.05, 4.69) is 25.7 Å². The van der Waals surface area contributed by atoms with Gasteiger partial charge in [0.25, 0.3) is 0 Å². The van der Waals surface area contributed by atoms with Crippen LogP contribution in [0.3, 0.4) is 0 Å². The summed E-state index contributed by atoms with van der Waals surface area (Å²) in [6.07, 6.45) is 5.25. The zero-order chi connectivity index (χ0) is 10.1. The van der Waals surface area contributed by atoms with E-state index in [1.165, 1.54) is 45.3 Å². The van der Waals surface area contributed by atoms with E-state index in [0.717, 1.165) is 0 Å². The van der Waals surface area contributed by atoms with E-state index in [-0.39, 0.29) is 0 Å². The highest BCUT2D eigenvalue weighted by Crippen LogP contribution is 2.14. The molecule has 80 valence electrons. The normalized spacial score (nSPS) is 17.3. The van der Waals surface area contributed by atoms with E-state index in [4.69, 9.17) is 5.73 Å². The summed E-state index contributed by atoms with van der Waals surface area (Å²) < 4.78 is 0. The van der Waals surface area contributed by atoms with Crippen LogP contribution in [0.2, 0.25) is 0 Å². The molecule has 0 spiro atoms. The van der Waals surface area contributed by atoms with E-state index < -0.39 is 0 Å². The van der Waals surface area contributed by atoms with Crippen LogP contribution in [-0.2, 0) is 0 Å². The van der Waals surface area contributed by atoms with Crippen molar-refractivity contribution in [2.75, 3.05) is 19.6 Å². The van der Waals surface area contributed by atoms with Crippen molar-refractivity contribution in [3.8, 4) is 0 Å². The predicted octanol–water partition coefficient (Wildman–Crippen LogP) is 2.24. The Hall–Kier alpha value is -0.0800. The molecule has 0 aliphatic heterocycles. The van der Waals surface area contributed by atoms with E-state index in [0.29, 0.717) is 6.04 Å². The minimum Gasteiger partial charge on any atom is -0.328 e. The lowest BCUT2D eigenvalue weighted by atomic mass is 10.3. The first-order valence-corrected chi connectivity index (χ1v) is 5.72. The van der Waals surface area contributed by atoms with Gasteiger partial charge in [0, 0.05) is 6.04 Å². The number of nitrogens with zero attached hydrogens (tertiary/aromatic N) is 1. The summed E-state index contributed by atoms with van der Waals surface area (Å²) in [5.74, 6) is 0. The third-order valence-electron chi connectivity index (χ3n) is 2.74. The summed E-state index contributed by atoms with van der Waals surface area (Å²) in [6.45, 7) is 10.1.